The number of unbranched alkanes of at least 4 members (excludes halogenated alkanes) is 1. The molecule has 0 saturated heterocycles. The third-order valence-corrected chi connectivity index (χ3v) is 6.37. The lowest BCUT2D eigenvalue weighted by molar-refractivity contribution is -0.109. The SMILES string of the molecule is CC(=O)SCC(=O)c1ccc(NS(=O)(=O)c2ccc(OCCCCN(C)C)c(F)c2)nc1. The topological polar surface area (TPSA) is 106 Å². The molecule has 8 nitrogen and oxygen atoms in total. The monoisotopic (exact) mass is 483 g/mol. The summed E-state index contributed by atoms with van der Waals surface area (Å²) < 4.78 is 47.1. The highest BCUT2D eigenvalue weighted by molar-refractivity contribution is 8.14. The molecule has 0 spiro atoms. The van der Waals surface area contributed by atoms with Crippen molar-refractivity contribution < 1.29 is 27.1 Å². The Bertz CT molecular complexity index is 1040. The summed E-state index contributed by atoms with van der Waals surface area (Å²) in [6.45, 7) is 2.59. The Labute approximate surface area is 191 Å². The fraction of sp³-hybridized carbons (Fsp3) is 0.381. The van der Waals surface area contributed by atoms with E-state index >= 15 is 0 Å². The second-order valence-corrected chi connectivity index (χ2v) is 10.0. The molecule has 0 saturated carbocycles. The molecule has 0 bridgehead atoms. The first-order chi connectivity index (χ1) is 15.1. The minimum absolute atomic E-state index is 0.0155. The van der Waals surface area contributed by atoms with Gasteiger partial charge in [-0.15, -0.1) is 0 Å². The van der Waals surface area contributed by atoms with Crippen LogP contribution in [-0.4, -0.2) is 62.2 Å². The van der Waals surface area contributed by atoms with Crippen LogP contribution < -0.4 is 9.46 Å². The van der Waals surface area contributed by atoms with Crippen molar-refractivity contribution in [3.8, 4) is 5.75 Å². The first kappa shape index (κ1) is 25.8. The number of Topliss-reactive ketones (excluding diaryl/α,β-unsaturated/α-hetero) is 1. The summed E-state index contributed by atoms with van der Waals surface area (Å²) in [6.07, 6.45) is 2.86. The number of ether oxygens (including phenoxy) is 1. The van der Waals surface area contributed by atoms with Crippen molar-refractivity contribution in [3.05, 3.63) is 47.9 Å². The molecule has 0 aliphatic heterocycles. The van der Waals surface area contributed by atoms with Gasteiger partial charge in [-0.1, -0.05) is 11.8 Å². The molecule has 0 atom stereocenters. The van der Waals surface area contributed by atoms with Gasteiger partial charge in [0.1, 0.15) is 5.82 Å². The first-order valence-electron chi connectivity index (χ1n) is 9.81. The summed E-state index contributed by atoms with van der Waals surface area (Å²) in [6, 6.07) is 6.13. The standard InChI is InChI=1S/C21H26FN3O5S2/c1-15(26)31-14-19(27)16-6-9-21(23-13-16)24-32(28,29)17-7-8-20(18(22)12-17)30-11-5-4-10-25(2)3/h6-9,12-13H,4-5,10-11,14H2,1-3H3,(H,23,24). The zero-order valence-electron chi connectivity index (χ0n) is 18.1. The minimum atomic E-state index is -4.09. The molecule has 2 aromatic rings. The predicted molar refractivity (Wildman–Crippen MR) is 122 cm³/mol. The molecule has 1 aromatic heterocycles. The molecule has 0 amide bonds. The zero-order valence-corrected chi connectivity index (χ0v) is 19.8. The summed E-state index contributed by atoms with van der Waals surface area (Å²) >= 11 is 0.881. The van der Waals surface area contributed by atoms with E-state index in [-0.39, 0.29) is 38.7 Å². The van der Waals surface area contributed by atoms with Gasteiger partial charge in [-0.25, -0.2) is 17.8 Å². The highest BCUT2D eigenvalue weighted by Gasteiger charge is 2.18. The van der Waals surface area contributed by atoms with Crippen molar-refractivity contribution in [1.29, 1.82) is 0 Å². The number of carbonyl (C=O) groups excluding carboxylic acids is 2. The Hall–Kier alpha value is -2.50. The molecule has 32 heavy (non-hydrogen) atoms. The number of hydrogen-bond acceptors (Lipinski definition) is 8. The summed E-state index contributed by atoms with van der Waals surface area (Å²) in [5, 5.41) is -0.177. The fourth-order valence-electron chi connectivity index (χ4n) is 2.54. The second-order valence-electron chi connectivity index (χ2n) is 7.19. The van der Waals surface area contributed by atoms with Gasteiger partial charge >= 0.3 is 0 Å². The second kappa shape index (κ2) is 11.9. The quantitative estimate of drug-likeness (QED) is 0.362. The Morgan fingerprint density at radius 1 is 1.19 bits per heavy atom. The van der Waals surface area contributed by atoms with E-state index in [4.69, 9.17) is 4.74 Å². The van der Waals surface area contributed by atoms with Crippen LogP contribution in [0.5, 0.6) is 5.75 Å². The highest BCUT2D eigenvalue weighted by Crippen LogP contribution is 2.23. The number of nitrogens with one attached hydrogen (secondary N) is 1. The van der Waals surface area contributed by atoms with Crippen LogP contribution >= 0.6 is 11.8 Å². The van der Waals surface area contributed by atoms with Gasteiger partial charge in [0.05, 0.1) is 17.3 Å². The Kier molecular flexibility index (Phi) is 9.60. The maximum absolute atomic E-state index is 14.3. The number of aromatic nitrogens is 1. The van der Waals surface area contributed by atoms with E-state index in [0.29, 0.717) is 6.61 Å². The van der Waals surface area contributed by atoms with E-state index in [0.717, 1.165) is 37.2 Å². The largest absolute Gasteiger partial charge is 0.491 e. The van der Waals surface area contributed by atoms with Gasteiger partial charge < -0.3 is 9.64 Å². The Morgan fingerprint density at radius 3 is 2.53 bits per heavy atom. The van der Waals surface area contributed by atoms with Gasteiger partial charge in [-0.05, 0) is 63.8 Å². The first-order valence-corrected chi connectivity index (χ1v) is 12.3. The fourth-order valence-corrected chi connectivity index (χ4v) is 4.07. The van der Waals surface area contributed by atoms with Crippen LogP contribution in [0.4, 0.5) is 10.2 Å². The van der Waals surface area contributed by atoms with E-state index in [2.05, 4.69) is 9.71 Å². The van der Waals surface area contributed by atoms with E-state index in [1.807, 2.05) is 19.0 Å². The average Bonchev–Trinajstić information content (AvgIpc) is 2.72. The molecule has 11 heteroatoms. The van der Waals surface area contributed by atoms with Crippen LogP contribution in [0.25, 0.3) is 0 Å². The van der Waals surface area contributed by atoms with Gasteiger partial charge in [-0.3, -0.25) is 14.3 Å². The summed E-state index contributed by atoms with van der Waals surface area (Å²) in [4.78, 5) is 28.6. The zero-order chi connectivity index (χ0) is 23.7. The number of benzene rings is 1. The maximum atomic E-state index is 14.3. The van der Waals surface area contributed by atoms with E-state index in [9.17, 15) is 22.4 Å². The number of anilines is 1. The molecule has 174 valence electrons. The molecule has 0 unspecified atom stereocenters. The van der Waals surface area contributed by atoms with Crippen molar-refractivity contribution >= 4 is 38.5 Å². The average molecular weight is 484 g/mol. The van der Waals surface area contributed by atoms with E-state index in [1.165, 1.54) is 37.4 Å². The van der Waals surface area contributed by atoms with E-state index < -0.39 is 15.8 Å². The van der Waals surface area contributed by atoms with Crippen molar-refractivity contribution in [2.75, 3.05) is 37.7 Å². The number of ketones is 1. The van der Waals surface area contributed by atoms with Gasteiger partial charge in [-0.2, -0.15) is 0 Å². The van der Waals surface area contributed by atoms with Crippen LogP contribution in [0.2, 0.25) is 0 Å². The molecule has 1 aromatic carbocycles. The van der Waals surface area contributed by atoms with Crippen LogP contribution in [0.1, 0.15) is 30.1 Å². The lowest BCUT2D eigenvalue weighted by atomic mass is 10.2. The molecule has 2 rings (SSSR count). The predicted octanol–water partition coefficient (Wildman–Crippen LogP) is 3.20. The van der Waals surface area contributed by atoms with Crippen molar-refractivity contribution in [2.45, 2.75) is 24.7 Å². The number of hydrogen-bond donors (Lipinski definition) is 1. The van der Waals surface area contributed by atoms with Gasteiger partial charge in [0.15, 0.2) is 22.5 Å². The number of thioether (sulfide) groups is 1. The summed E-state index contributed by atoms with van der Waals surface area (Å²) in [5.74, 6) is -1.14. The minimum Gasteiger partial charge on any atom is -0.491 e. The number of nitrogens with zero attached hydrogens (tertiary/aromatic N) is 2. The molecule has 0 aliphatic rings. The maximum Gasteiger partial charge on any atom is 0.263 e. The van der Waals surface area contributed by atoms with Gasteiger partial charge in [0.2, 0.25) is 0 Å². The Morgan fingerprint density at radius 2 is 1.94 bits per heavy atom. The lowest BCUT2D eigenvalue weighted by Gasteiger charge is -2.12. The number of carbonyl (C=O) groups is 2. The van der Waals surface area contributed by atoms with E-state index in [1.54, 1.807) is 0 Å². The van der Waals surface area contributed by atoms with Crippen molar-refractivity contribution in [1.82, 2.24) is 9.88 Å². The van der Waals surface area contributed by atoms with Crippen LogP contribution in [0, 0.1) is 5.82 Å². The number of sulfonamides is 1. The van der Waals surface area contributed by atoms with Crippen LogP contribution in [0.15, 0.2) is 41.4 Å². The number of pyridine rings is 1. The molecule has 0 aliphatic carbocycles. The Balaban J connectivity index is 1.98. The molecular weight excluding hydrogens is 457 g/mol. The summed E-state index contributed by atoms with van der Waals surface area (Å²) in [5.41, 5.74) is 0.250. The molecule has 0 radical (unpaired) electrons. The lowest BCUT2D eigenvalue weighted by Crippen LogP contribution is -2.15. The number of rotatable bonds is 12. The van der Waals surface area contributed by atoms with Crippen molar-refractivity contribution in [2.24, 2.45) is 0 Å². The van der Waals surface area contributed by atoms with Crippen LogP contribution in [0.3, 0.4) is 0 Å². The molecule has 1 N–H and O–H groups in total. The third-order valence-electron chi connectivity index (χ3n) is 4.20. The normalized spacial score (nSPS) is 11.4. The third kappa shape index (κ3) is 8.21. The smallest absolute Gasteiger partial charge is 0.263 e. The van der Waals surface area contributed by atoms with Crippen LogP contribution in [-0.2, 0) is 14.8 Å². The molecule has 0 fully saturated rings. The van der Waals surface area contributed by atoms with Crippen molar-refractivity contribution in [3.63, 3.8) is 0 Å². The molecular formula is C21H26FN3O5S2. The highest BCUT2D eigenvalue weighted by atomic mass is 32.2. The molecule has 1 heterocycles. The van der Waals surface area contributed by atoms with Gasteiger partial charge in [0, 0.05) is 18.7 Å². The van der Waals surface area contributed by atoms with Gasteiger partial charge in [0.25, 0.3) is 10.0 Å². The summed E-state index contributed by atoms with van der Waals surface area (Å²) in [7, 11) is -0.162. The number of halogens is 1.